The van der Waals surface area contributed by atoms with E-state index in [1.165, 1.54) is 5.56 Å². The van der Waals surface area contributed by atoms with E-state index in [-0.39, 0.29) is 0 Å². The van der Waals surface area contributed by atoms with Crippen LogP contribution in [0.1, 0.15) is 5.56 Å². The van der Waals surface area contributed by atoms with Gasteiger partial charge in [-0.05, 0) is 55.5 Å². The number of thiocarbonyl (C=S) groups is 1. The highest BCUT2D eigenvalue weighted by Crippen LogP contribution is 2.15. The summed E-state index contributed by atoms with van der Waals surface area (Å²) in [5.74, 6) is 1.65. The number of aryl methyl sites for hydroxylation is 1. The summed E-state index contributed by atoms with van der Waals surface area (Å²) in [5.41, 5.74) is 2.12. The zero-order chi connectivity index (χ0) is 17.2. The first-order valence-electron chi connectivity index (χ1n) is 7.75. The molecule has 0 saturated carbocycles. The SMILES string of the molecule is C=CCOc1ccc(NC(=S)NCCOc2ccc(C)cc2)cc1. The number of hydrogen-bond acceptors (Lipinski definition) is 3. The molecule has 0 atom stereocenters. The Bertz CT molecular complexity index is 654. The molecule has 0 radical (unpaired) electrons. The molecular weight excluding hydrogens is 320 g/mol. The van der Waals surface area contributed by atoms with Crippen LogP contribution in [0.25, 0.3) is 0 Å². The largest absolute Gasteiger partial charge is 0.492 e. The number of ether oxygens (including phenoxy) is 2. The van der Waals surface area contributed by atoms with Crippen LogP contribution in [0.2, 0.25) is 0 Å². The Kier molecular flexibility index (Phi) is 7.11. The third-order valence-corrected chi connectivity index (χ3v) is 3.40. The number of rotatable bonds is 8. The maximum absolute atomic E-state index is 5.64. The van der Waals surface area contributed by atoms with E-state index in [1.807, 2.05) is 55.5 Å². The van der Waals surface area contributed by atoms with E-state index < -0.39 is 0 Å². The fraction of sp³-hybridized carbons (Fsp3) is 0.211. The molecule has 0 bridgehead atoms. The molecule has 0 aliphatic rings. The zero-order valence-corrected chi connectivity index (χ0v) is 14.6. The molecule has 0 aliphatic carbocycles. The zero-order valence-electron chi connectivity index (χ0n) is 13.7. The second-order valence-corrected chi connectivity index (χ2v) is 5.57. The van der Waals surface area contributed by atoms with E-state index >= 15 is 0 Å². The molecule has 4 nitrogen and oxygen atoms in total. The normalized spacial score (nSPS) is 9.88. The average Bonchev–Trinajstić information content (AvgIpc) is 2.60. The molecule has 0 spiro atoms. The highest BCUT2D eigenvalue weighted by atomic mass is 32.1. The molecule has 2 N–H and O–H groups in total. The maximum Gasteiger partial charge on any atom is 0.170 e. The van der Waals surface area contributed by atoms with Crippen LogP contribution < -0.4 is 20.1 Å². The number of nitrogens with one attached hydrogen (secondary N) is 2. The summed E-state index contributed by atoms with van der Waals surface area (Å²) in [7, 11) is 0. The van der Waals surface area contributed by atoms with Crippen molar-refractivity contribution >= 4 is 23.0 Å². The van der Waals surface area contributed by atoms with Crippen molar-refractivity contribution in [3.63, 3.8) is 0 Å². The molecule has 0 aliphatic heterocycles. The smallest absolute Gasteiger partial charge is 0.170 e. The van der Waals surface area contributed by atoms with Gasteiger partial charge < -0.3 is 20.1 Å². The van der Waals surface area contributed by atoms with Crippen molar-refractivity contribution in [2.75, 3.05) is 25.1 Å². The summed E-state index contributed by atoms with van der Waals surface area (Å²) < 4.78 is 11.1. The summed E-state index contributed by atoms with van der Waals surface area (Å²) in [5, 5.41) is 6.79. The van der Waals surface area contributed by atoms with Gasteiger partial charge in [-0.1, -0.05) is 30.4 Å². The lowest BCUT2D eigenvalue weighted by Crippen LogP contribution is -2.31. The fourth-order valence-electron chi connectivity index (χ4n) is 1.93. The van der Waals surface area contributed by atoms with E-state index in [0.29, 0.717) is 24.9 Å². The van der Waals surface area contributed by atoms with Crippen LogP contribution in [0.5, 0.6) is 11.5 Å². The Morgan fingerprint density at radius 1 is 1.04 bits per heavy atom. The van der Waals surface area contributed by atoms with E-state index in [9.17, 15) is 0 Å². The van der Waals surface area contributed by atoms with Gasteiger partial charge in [0.05, 0.1) is 6.54 Å². The lowest BCUT2D eigenvalue weighted by molar-refractivity contribution is 0.322. The molecule has 0 saturated heterocycles. The lowest BCUT2D eigenvalue weighted by atomic mass is 10.2. The monoisotopic (exact) mass is 342 g/mol. The number of anilines is 1. The van der Waals surface area contributed by atoms with Gasteiger partial charge in [-0.15, -0.1) is 0 Å². The van der Waals surface area contributed by atoms with Crippen molar-refractivity contribution in [3.8, 4) is 11.5 Å². The molecular formula is C19H22N2O2S. The second kappa shape index (κ2) is 9.57. The first-order chi connectivity index (χ1) is 11.7. The lowest BCUT2D eigenvalue weighted by Gasteiger charge is -2.12. The quantitative estimate of drug-likeness (QED) is 0.432. The molecule has 2 aromatic carbocycles. The molecule has 0 unspecified atom stereocenters. The summed E-state index contributed by atoms with van der Waals surface area (Å²) in [6.45, 7) is 7.33. The molecule has 24 heavy (non-hydrogen) atoms. The predicted molar refractivity (Wildman–Crippen MR) is 103 cm³/mol. The fourth-order valence-corrected chi connectivity index (χ4v) is 2.15. The van der Waals surface area contributed by atoms with E-state index in [1.54, 1.807) is 6.08 Å². The van der Waals surface area contributed by atoms with Crippen LogP contribution in [-0.2, 0) is 0 Å². The number of benzene rings is 2. The Morgan fingerprint density at radius 2 is 1.67 bits per heavy atom. The highest BCUT2D eigenvalue weighted by molar-refractivity contribution is 7.80. The molecule has 0 amide bonds. The van der Waals surface area contributed by atoms with Crippen molar-refractivity contribution < 1.29 is 9.47 Å². The standard InChI is InChI=1S/C19H22N2O2S/c1-3-13-22-18-10-6-16(7-11-18)21-19(24)20-12-14-23-17-8-4-15(2)5-9-17/h3-11H,1,12-14H2,2H3,(H2,20,21,24). The second-order valence-electron chi connectivity index (χ2n) is 5.17. The van der Waals surface area contributed by atoms with Crippen molar-refractivity contribution in [2.45, 2.75) is 6.92 Å². The van der Waals surface area contributed by atoms with Crippen molar-refractivity contribution in [1.29, 1.82) is 0 Å². The first-order valence-corrected chi connectivity index (χ1v) is 8.16. The summed E-state index contributed by atoms with van der Waals surface area (Å²) in [6.07, 6.45) is 1.71. The predicted octanol–water partition coefficient (Wildman–Crippen LogP) is 3.93. The van der Waals surface area contributed by atoms with Gasteiger partial charge in [0.2, 0.25) is 0 Å². The van der Waals surface area contributed by atoms with Crippen LogP contribution in [0, 0.1) is 6.92 Å². The minimum Gasteiger partial charge on any atom is -0.492 e. The number of hydrogen-bond donors (Lipinski definition) is 2. The highest BCUT2D eigenvalue weighted by Gasteiger charge is 1.99. The molecule has 0 aromatic heterocycles. The minimum atomic E-state index is 0.494. The molecule has 0 fully saturated rings. The van der Waals surface area contributed by atoms with Crippen LogP contribution in [-0.4, -0.2) is 24.9 Å². The summed E-state index contributed by atoms with van der Waals surface area (Å²) >= 11 is 5.26. The van der Waals surface area contributed by atoms with E-state index in [4.69, 9.17) is 21.7 Å². The first kappa shape index (κ1) is 17.8. The molecule has 126 valence electrons. The van der Waals surface area contributed by atoms with Gasteiger partial charge in [0, 0.05) is 5.69 Å². The van der Waals surface area contributed by atoms with Crippen LogP contribution in [0.4, 0.5) is 5.69 Å². The van der Waals surface area contributed by atoms with Crippen molar-refractivity contribution in [3.05, 3.63) is 66.7 Å². The van der Waals surface area contributed by atoms with Crippen LogP contribution in [0.15, 0.2) is 61.2 Å². The van der Waals surface area contributed by atoms with Gasteiger partial charge in [-0.2, -0.15) is 0 Å². The molecule has 5 heteroatoms. The Balaban J connectivity index is 1.67. The van der Waals surface area contributed by atoms with Gasteiger partial charge in [0.15, 0.2) is 5.11 Å². The molecule has 2 aromatic rings. The van der Waals surface area contributed by atoms with Gasteiger partial charge in [0.25, 0.3) is 0 Å². The van der Waals surface area contributed by atoms with Gasteiger partial charge in [0.1, 0.15) is 24.7 Å². The Hall–Kier alpha value is -2.53. The summed E-state index contributed by atoms with van der Waals surface area (Å²) in [6, 6.07) is 15.6. The third kappa shape index (κ3) is 6.30. The van der Waals surface area contributed by atoms with Crippen LogP contribution >= 0.6 is 12.2 Å². The van der Waals surface area contributed by atoms with Gasteiger partial charge >= 0.3 is 0 Å². The van der Waals surface area contributed by atoms with Gasteiger partial charge in [-0.3, -0.25) is 0 Å². The summed E-state index contributed by atoms with van der Waals surface area (Å²) in [4.78, 5) is 0. The third-order valence-electron chi connectivity index (χ3n) is 3.16. The van der Waals surface area contributed by atoms with Crippen molar-refractivity contribution in [1.82, 2.24) is 5.32 Å². The Labute approximate surface area is 148 Å². The molecule has 0 heterocycles. The van der Waals surface area contributed by atoms with E-state index in [0.717, 1.165) is 17.2 Å². The molecule has 2 rings (SSSR count). The van der Waals surface area contributed by atoms with E-state index in [2.05, 4.69) is 17.2 Å². The van der Waals surface area contributed by atoms with Crippen LogP contribution in [0.3, 0.4) is 0 Å². The average molecular weight is 342 g/mol. The van der Waals surface area contributed by atoms with Gasteiger partial charge in [-0.25, -0.2) is 0 Å². The minimum absolute atomic E-state index is 0.494. The Morgan fingerprint density at radius 3 is 2.33 bits per heavy atom. The maximum atomic E-state index is 5.64. The topological polar surface area (TPSA) is 42.5 Å². The van der Waals surface area contributed by atoms with Crippen molar-refractivity contribution in [2.24, 2.45) is 0 Å².